The minimum Gasteiger partial charge on any atom is -0.481 e. The van der Waals surface area contributed by atoms with E-state index in [1.54, 1.807) is 28.6 Å². The number of piperidine rings is 1. The highest BCUT2D eigenvalue weighted by Crippen LogP contribution is 2.76. The molecule has 0 aromatic heterocycles. The lowest BCUT2D eigenvalue weighted by Crippen LogP contribution is -2.70. The van der Waals surface area contributed by atoms with Crippen molar-refractivity contribution < 1.29 is 23.4 Å². The molecule has 0 bridgehead atoms. The number of hydrogen-bond donors (Lipinski definition) is 2. The maximum atomic E-state index is 14.1. The maximum absolute atomic E-state index is 14.1. The molecular weight excluding hydrogens is 570 g/mol. The van der Waals surface area contributed by atoms with Crippen molar-refractivity contribution in [2.24, 2.45) is 51.2 Å². The number of allylic oxidation sites excluding steroid dienone is 1. The molecule has 5 aliphatic rings. The van der Waals surface area contributed by atoms with Crippen molar-refractivity contribution in [1.82, 2.24) is 4.31 Å². The lowest BCUT2D eigenvalue weighted by molar-refractivity contribution is -0.238. The van der Waals surface area contributed by atoms with E-state index in [0.29, 0.717) is 42.4 Å². The third kappa shape index (κ3) is 4.30. The first kappa shape index (κ1) is 32.2. The summed E-state index contributed by atoms with van der Waals surface area (Å²) in [5.41, 5.74) is 1.80. The SMILES string of the molecule is C=C(C)[C@@H]1CC[C@]2(CO)CC[C@]3(C)[C@H](CC[C@@H]4[C@@]5(C)CCN(S(=O)(=O)c6ccc(CC(=O)O)cc6)C(C)(C)C5CC[C@]43C)[C@@H]12. The topological polar surface area (TPSA) is 94.9 Å². The molecule has 4 aliphatic carbocycles. The van der Waals surface area contributed by atoms with Crippen LogP contribution in [0, 0.1) is 51.2 Å². The molecule has 6 rings (SSSR count). The Morgan fingerprint density at radius 1 is 0.909 bits per heavy atom. The van der Waals surface area contributed by atoms with Gasteiger partial charge in [0.15, 0.2) is 0 Å². The molecule has 1 aromatic carbocycles. The summed E-state index contributed by atoms with van der Waals surface area (Å²) in [6, 6.07) is 6.42. The number of aliphatic carboxylic acids is 1. The van der Waals surface area contributed by atoms with Crippen LogP contribution in [0.25, 0.3) is 0 Å². The normalized spacial score (nSPS) is 43.3. The van der Waals surface area contributed by atoms with Crippen molar-refractivity contribution in [2.75, 3.05) is 13.2 Å². The van der Waals surface area contributed by atoms with Gasteiger partial charge in [-0.3, -0.25) is 4.79 Å². The molecule has 2 N–H and O–H groups in total. The van der Waals surface area contributed by atoms with Gasteiger partial charge < -0.3 is 10.2 Å². The standard InChI is InChI=1S/C37H55NO5S/c1-24(2)27-14-17-37(23-39)19-18-35(6)28(32(27)37)12-13-30-34(5)20-21-38(33(3,4)29(34)15-16-36(30,35)7)44(42,43)26-10-8-25(9-11-26)22-31(40)41/h8-11,27-30,32,39H,1,12-23H2,2-7H3,(H,40,41)/t27-,28+,29?,30+,32+,34-,35+,36+,37+/m0/s1. The Morgan fingerprint density at radius 2 is 1.59 bits per heavy atom. The molecule has 9 atom stereocenters. The number of sulfonamides is 1. The van der Waals surface area contributed by atoms with E-state index in [1.807, 2.05) is 0 Å². The Hall–Kier alpha value is -1.70. The van der Waals surface area contributed by atoms with Crippen LogP contribution < -0.4 is 0 Å². The molecule has 1 aliphatic heterocycles. The molecule has 244 valence electrons. The highest BCUT2D eigenvalue weighted by Gasteiger charge is 2.71. The van der Waals surface area contributed by atoms with Gasteiger partial charge in [-0.15, -0.1) is 0 Å². The Bertz CT molecular complexity index is 1440. The summed E-state index contributed by atoms with van der Waals surface area (Å²) in [4.78, 5) is 11.4. The molecule has 4 saturated carbocycles. The highest BCUT2D eigenvalue weighted by atomic mass is 32.2. The van der Waals surface area contributed by atoms with Gasteiger partial charge >= 0.3 is 5.97 Å². The number of hydrogen-bond acceptors (Lipinski definition) is 4. The lowest BCUT2D eigenvalue weighted by atomic mass is 9.33. The quantitative estimate of drug-likeness (QED) is 0.323. The second-order valence-corrected chi connectivity index (χ2v) is 18.8. The van der Waals surface area contributed by atoms with Crippen molar-refractivity contribution >= 4 is 16.0 Å². The predicted molar refractivity (Wildman–Crippen MR) is 173 cm³/mol. The fourth-order valence-corrected chi connectivity index (χ4v) is 14.6. The van der Waals surface area contributed by atoms with Crippen LogP contribution in [0.4, 0.5) is 0 Å². The molecule has 7 heteroatoms. The lowest BCUT2D eigenvalue weighted by Gasteiger charge is -2.73. The maximum Gasteiger partial charge on any atom is 0.307 e. The number of aliphatic hydroxyl groups is 1. The first-order valence-electron chi connectivity index (χ1n) is 17.1. The van der Waals surface area contributed by atoms with Crippen LogP contribution >= 0.6 is 0 Å². The fourth-order valence-electron chi connectivity index (χ4n) is 12.7. The molecule has 0 spiro atoms. The van der Waals surface area contributed by atoms with Gasteiger partial charge in [-0.2, -0.15) is 4.31 Å². The number of fused-ring (bicyclic) bond motifs is 7. The number of carbonyl (C=O) groups is 1. The van der Waals surface area contributed by atoms with Gasteiger partial charge in [-0.25, -0.2) is 8.42 Å². The predicted octanol–water partition coefficient (Wildman–Crippen LogP) is 7.32. The minimum atomic E-state index is -3.75. The molecule has 1 unspecified atom stereocenters. The smallest absolute Gasteiger partial charge is 0.307 e. The number of rotatable bonds is 6. The van der Waals surface area contributed by atoms with Crippen LogP contribution in [-0.2, 0) is 21.2 Å². The zero-order valence-corrected chi connectivity index (χ0v) is 28.7. The number of benzene rings is 1. The first-order valence-corrected chi connectivity index (χ1v) is 18.5. The van der Waals surface area contributed by atoms with Crippen LogP contribution in [0.5, 0.6) is 0 Å². The van der Waals surface area contributed by atoms with E-state index in [2.05, 4.69) is 48.1 Å². The number of aliphatic hydroxyl groups excluding tert-OH is 1. The zero-order chi connectivity index (χ0) is 32.1. The van der Waals surface area contributed by atoms with E-state index in [0.717, 1.165) is 38.5 Å². The number of carboxylic acids is 1. The number of nitrogens with zero attached hydrogens (tertiary/aromatic N) is 1. The van der Waals surface area contributed by atoms with Crippen molar-refractivity contribution in [3.63, 3.8) is 0 Å². The molecule has 1 saturated heterocycles. The second kappa shape index (κ2) is 10.4. The Labute approximate surface area is 265 Å². The largest absolute Gasteiger partial charge is 0.481 e. The Kier molecular flexibility index (Phi) is 7.62. The van der Waals surface area contributed by atoms with Crippen LogP contribution in [0.2, 0.25) is 0 Å². The third-order valence-corrected chi connectivity index (χ3v) is 17.1. The highest BCUT2D eigenvalue weighted by molar-refractivity contribution is 7.89. The molecule has 1 aromatic rings. The molecule has 5 fully saturated rings. The van der Waals surface area contributed by atoms with Gasteiger partial charge in [0.25, 0.3) is 0 Å². The molecule has 0 amide bonds. The third-order valence-electron chi connectivity index (χ3n) is 15.0. The van der Waals surface area contributed by atoms with Gasteiger partial charge in [0, 0.05) is 18.7 Å². The minimum absolute atomic E-state index is 0.0385. The zero-order valence-electron chi connectivity index (χ0n) is 27.9. The Morgan fingerprint density at radius 3 is 2.20 bits per heavy atom. The average molecular weight is 626 g/mol. The van der Waals surface area contributed by atoms with E-state index in [9.17, 15) is 18.3 Å². The summed E-state index contributed by atoms with van der Waals surface area (Å²) < 4.78 is 30.0. The van der Waals surface area contributed by atoms with Gasteiger partial charge in [0.1, 0.15) is 0 Å². The molecular formula is C37H55NO5S. The summed E-state index contributed by atoms with van der Waals surface area (Å²) in [5, 5.41) is 19.9. The van der Waals surface area contributed by atoms with Crippen molar-refractivity contribution in [3.8, 4) is 0 Å². The summed E-state index contributed by atoms with van der Waals surface area (Å²) in [5.74, 6) is 1.45. The number of carboxylic acid groups (broad SMARTS) is 1. The van der Waals surface area contributed by atoms with E-state index in [-0.39, 0.29) is 38.9 Å². The van der Waals surface area contributed by atoms with E-state index >= 15 is 0 Å². The molecule has 0 radical (unpaired) electrons. The second-order valence-electron chi connectivity index (χ2n) is 16.9. The van der Waals surface area contributed by atoms with Crippen LogP contribution in [-0.4, -0.2) is 47.6 Å². The first-order chi connectivity index (χ1) is 20.5. The van der Waals surface area contributed by atoms with E-state index < -0.39 is 21.5 Å². The van der Waals surface area contributed by atoms with Gasteiger partial charge in [-0.05, 0) is 148 Å². The summed E-state index contributed by atoms with van der Waals surface area (Å²) >= 11 is 0. The summed E-state index contributed by atoms with van der Waals surface area (Å²) in [7, 11) is -3.75. The molecule has 44 heavy (non-hydrogen) atoms. The van der Waals surface area contributed by atoms with Crippen molar-refractivity contribution in [1.29, 1.82) is 0 Å². The van der Waals surface area contributed by atoms with Crippen LogP contribution in [0.3, 0.4) is 0 Å². The summed E-state index contributed by atoms with van der Waals surface area (Å²) in [6.07, 6.45) is 9.81. The van der Waals surface area contributed by atoms with Crippen molar-refractivity contribution in [2.45, 2.75) is 116 Å². The van der Waals surface area contributed by atoms with Crippen LogP contribution in [0.1, 0.15) is 105 Å². The fraction of sp³-hybridized carbons (Fsp3) is 0.757. The van der Waals surface area contributed by atoms with Crippen molar-refractivity contribution in [3.05, 3.63) is 42.0 Å². The van der Waals surface area contributed by atoms with Crippen LogP contribution in [0.15, 0.2) is 41.3 Å². The van der Waals surface area contributed by atoms with Gasteiger partial charge in [-0.1, -0.05) is 45.1 Å². The average Bonchev–Trinajstić information content (AvgIpc) is 3.33. The molecule has 1 heterocycles. The van der Waals surface area contributed by atoms with Gasteiger partial charge in [0.2, 0.25) is 10.0 Å². The van der Waals surface area contributed by atoms with E-state index in [1.165, 1.54) is 24.8 Å². The van der Waals surface area contributed by atoms with Gasteiger partial charge in [0.05, 0.1) is 11.3 Å². The monoisotopic (exact) mass is 625 g/mol. The Balaban J connectivity index is 1.31. The molecule has 6 nitrogen and oxygen atoms in total. The van der Waals surface area contributed by atoms with E-state index in [4.69, 9.17) is 5.11 Å². The summed E-state index contributed by atoms with van der Waals surface area (Å²) in [6.45, 7) is 19.4.